The lowest BCUT2D eigenvalue weighted by Gasteiger charge is -2.12. The van der Waals surface area contributed by atoms with Gasteiger partial charge >= 0.3 is 5.97 Å². The molecular weight excluding hydrogens is 378 g/mol. The minimum Gasteiger partial charge on any atom is -0.497 e. The van der Waals surface area contributed by atoms with E-state index in [-0.39, 0.29) is 10.7 Å². The van der Waals surface area contributed by atoms with Crippen molar-refractivity contribution in [2.45, 2.75) is 13.0 Å². The fourth-order valence-electron chi connectivity index (χ4n) is 2.10. The molecule has 0 fully saturated rings. The summed E-state index contributed by atoms with van der Waals surface area (Å²) in [5.74, 6) is -0.437. The maximum atomic E-state index is 12.3. The number of pyridine rings is 1. The van der Waals surface area contributed by atoms with Crippen LogP contribution in [0.2, 0.25) is 5.15 Å². The predicted octanol–water partition coefficient (Wildman–Crippen LogP) is 3.54. The number of esters is 1. The molecule has 9 heteroatoms. The van der Waals surface area contributed by atoms with Gasteiger partial charge in [-0.1, -0.05) is 22.9 Å². The van der Waals surface area contributed by atoms with Crippen molar-refractivity contribution in [2.24, 2.45) is 0 Å². The van der Waals surface area contributed by atoms with Crippen molar-refractivity contribution in [3.63, 3.8) is 0 Å². The molecule has 3 rings (SSSR count). The Bertz CT molecular complexity index is 976. The number of fused-ring (bicyclic) bond motifs is 1. The van der Waals surface area contributed by atoms with Crippen LogP contribution in [0.5, 0.6) is 5.75 Å². The zero-order valence-corrected chi connectivity index (χ0v) is 15.4. The monoisotopic (exact) mass is 391 g/mol. The van der Waals surface area contributed by atoms with Crippen LogP contribution in [0.25, 0.3) is 10.2 Å². The summed E-state index contributed by atoms with van der Waals surface area (Å²) >= 11 is 7.04. The SMILES string of the molecule is COc1ccc2nc(NC(=O)C(C)OC(=O)c3ccnc(Cl)c3)sc2c1. The normalized spacial score (nSPS) is 11.8. The van der Waals surface area contributed by atoms with Gasteiger partial charge in [0.2, 0.25) is 0 Å². The molecule has 1 atom stereocenters. The Morgan fingerprint density at radius 2 is 2.08 bits per heavy atom. The van der Waals surface area contributed by atoms with Gasteiger partial charge in [0.25, 0.3) is 5.91 Å². The number of hydrogen-bond acceptors (Lipinski definition) is 7. The molecule has 0 aliphatic rings. The van der Waals surface area contributed by atoms with Crippen molar-refractivity contribution in [1.82, 2.24) is 9.97 Å². The lowest BCUT2D eigenvalue weighted by molar-refractivity contribution is -0.123. The molecular formula is C17H14ClN3O4S. The predicted molar refractivity (Wildman–Crippen MR) is 98.9 cm³/mol. The summed E-state index contributed by atoms with van der Waals surface area (Å²) in [5.41, 5.74) is 0.957. The summed E-state index contributed by atoms with van der Waals surface area (Å²) in [7, 11) is 1.58. The number of benzene rings is 1. The number of methoxy groups -OCH3 is 1. The summed E-state index contributed by atoms with van der Waals surface area (Å²) in [6.07, 6.45) is 0.384. The number of anilines is 1. The third-order valence-electron chi connectivity index (χ3n) is 3.44. The number of halogens is 1. The first-order chi connectivity index (χ1) is 12.5. The number of ether oxygens (including phenoxy) is 2. The van der Waals surface area contributed by atoms with Gasteiger partial charge < -0.3 is 9.47 Å². The number of aromatic nitrogens is 2. The molecule has 0 aliphatic carbocycles. The van der Waals surface area contributed by atoms with Gasteiger partial charge in [0, 0.05) is 6.20 Å². The number of carbonyl (C=O) groups is 2. The average Bonchev–Trinajstić information content (AvgIpc) is 3.02. The standard InChI is InChI=1S/C17H14ClN3O4S/c1-9(25-16(23)10-5-6-19-14(18)7-10)15(22)21-17-20-12-4-3-11(24-2)8-13(12)26-17/h3-9H,1-2H3,(H,20,21,22). The van der Waals surface area contributed by atoms with E-state index in [1.165, 1.54) is 36.6 Å². The maximum absolute atomic E-state index is 12.3. The highest BCUT2D eigenvalue weighted by Gasteiger charge is 2.20. The Hall–Kier alpha value is -2.71. The van der Waals surface area contributed by atoms with Crippen LogP contribution in [-0.4, -0.2) is 35.1 Å². The summed E-state index contributed by atoms with van der Waals surface area (Å²) in [6, 6.07) is 8.25. The van der Waals surface area contributed by atoms with E-state index in [0.29, 0.717) is 10.9 Å². The molecule has 7 nitrogen and oxygen atoms in total. The molecule has 2 heterocycles. The zero-order chi connectivity index (χ0) is 18.7. The number of thiazole rings is 1. The van der Waals surface area contributed by atoms with Gasteiger partial charge in [0.1, 0.15) is 10.9 Å². The first-order valence-corrected chi connectivity index (χ1v) is 8.73. The van der Waals surface area contributed by atoms with Crippen LogP contribution in [0, 0.1) is 0 Å². The van der Waals surface area contributed by atoms with Gasteiger partial charge in [-0.25, -0.2) is 14.8 Å². The molecule has 0 radical (unpaired) electrons. The largest absolute Gasteiger partial charge is 0.497 e. The molecule has 3 aromatic rings. The molecule has 1 aromatic carbocycles. The second kappa shape index (κ2) is 7.67. The van der Waals surface area contributed by atoms with Crippen LogP contribution in [0.3, 0.4) is 0 Å². The van der Waals surface area contributed by atoms with Crippen LogP contribution in [0.4, 0.5) is 5.13 Å². The Balaban J connectivity index is 1.66. The van der Waals surface area contributed by atoms with Crippen molar-refractivity contribution in [3.05, 3.63) is 47.2 Å². The number of nitrogens with one attached hydrogen (secondary N) is 1. The molecule has 2 aromatic heterocycles. The van der Waals surface area contributed by atoms with Crippen molar-refractivity contribution in [1.29, 1.82) is 0 Å². The Morgan fingerprint density at radius 1 is 1.27 bits per heavy atom. The third kappa shape index (κ3) is 4.09. The second-order valence-corrected chi connectivity index (χ2v) is 6.67. The number of rotatable bonds is 5. The van der Waals surface area contributed by atoms with Crippen molar-refractivity contribution in [2.75, 3.05) is 12.4 Å². The Morgan fingerprint density at radius 3 is 2.81 bits per heavy atom. The van der Waals surface area contributed by atoms with E-state index in [2.05, 4.69) is 15.3 Å². The summed E-state index contributed by atoms with van der Waals surface area (Å²) in [4.78, 5) is 32.4. The Labute approximate surface area is 157 Å². The fourth-order valence-corrected chi connectivity index (χ4v) is 3.18. The molecule has 1 amide bonds. The number of amides is 1. The van der Waals surface area contributed by atoms with Crippen LogP contribution in [-0.2, 0) is 9.53 Å². The van der Waals surface area contributed by atoms with E-state index in [4.69, 9.17) is 21.1 Å². The van der Waals surface area contributed by atoms with Crippen molar-refractivity contribution >= 4 is 50.2 Å². The molecule has 0 saturated heterocycles. The van der Waals surface area contributed by atoms with Gasteiger partial charge in [-0.05, 0) is 37.3 Å². The maximum Gasteiger partial charge on any atom is 0.339 e. The van der Waals surface area contributed by atoms with Crippen LogP contribution in [0.1, 0.15) is 17.3 Å². The van der Waals surface area contributed by atoms with Gasteiger partial charge in [0.05, 0.1) is 22.9 Å². The van der Waals surface area contributed by atoms with E-state index in [0.717, 1.165) is 10.2 Å². The molecule has 0 aliphatic heterocycles. The topological polar surface area (TPSA) is 90.4 Å². The van der Waals surface area contributed by atoms with E-state index < -0.39 is 18.0 Å². The molecule has 26 heavy (non-hydrogen) atoms. The highest BCUT2D eigenvalue weighted by molar-refractivity contribution is 7.22. The van der Waals surface area contributed by atoms with E-state index >= 15 is 0 Å². The molecule has 0 bridgehead atoms. The van der Waals surface area contributed by atoms with Crippen LogP contribution >= 0.6 is 22.9 Å². The quantitative estimate of drug-likeness (QED) is 0.528. The van der Waals surface area contributed by atoms with E-state index in [9.17, 15) is 9.59 Å². The molecule has 134 valence electrons. The number of nitrogens with zero attached hydrogens (tertiary/aromatic N) is 2. The van der Waals surface area contributed by atoms with Crippen LogP contribution < -0.4 is 10.1 Å². The minimum absolute atomic E-state index is 0.168. The highest BCUT2D eigenvalue weighted by Crippen LogP contribution is 2.29. The average molecular weight is 392 g/mol. The Kier molecular flexibility index (Phi) is 5.34. The van der Waals surface area contributed by atoms with Crippen molar-refractivity contribution in [3.8, 4) is 5.75 Å². The zero-order valence-electron chi connectivity index (χ0n) is 13.9. The fraction of sp³-hybridized carbons (Fsp3) is 0.176. The molecule has 1 N–H and O–H groups in total. The van der Waals surface area contributed by atoms with Gasteiger partial charge in [0.15, 0.2) is 11.2 Å². The molecule has 0 spiro atoms. The van der Waals surface area contributed by atoms with Crippen molar-refractivity contribution < 1.29 is 19.1 Å². The molecule has 1 unspecified atom stereocenters. The summed E-state index contributed by atoms with van der Waals surface area (Å²) in [6.45, 7) is 1.48. The number of hydrogen-bond donors (Lipinski definition) is 1. The third-order valence-corrected chi connectivity index (χ3v) is 4.58. The van der Waals surface area contributed by atoms with Gasteiger partial charge in [-0.3, -0.25) is 10.1 Å². The highest BCUT2D eigenvalue weighted by atomic mass is 35.5. The minimum atomic E-state index is -1.00. The smallest absolute Gasteiger partial charge is 0.339 e. The van der Waals surface area contributed by atoms with E-state index in [1.54, 1.807) is 19.2 Å². The first kappa shape index (κ1) is 18.1. The summed E-state index contributed by atoms with van der Waals surface area (Å²) < 4.78 is 11.2. The van der Waals surface area contributed by atoms with Gasteiger partial charge in [-0.15, -0.1) is 0 Å². The molecule has 0 saturated carbocycles. The first-order valence-electron chi connectivity index (χ1n) is 7.54. The van der Waals surface area contributed by atoms with Crippen LogP contribution in [0.15, 0.2) is 36.5 Å². The number of carbonyl (C=O) groups excluding carboxylic acids is 2. The van der Waals surface area contributed by atoms with E-state index in [1.807, 2.05) is 6.07 Å². The second-order valence-electron chi connectivity index (χ2n) is 5.26. The van der Waals surface area contributed by atoms with Gasteiger partial charge in [-0.2, -0.15) is 0 Å². The lowest BCUT2D eigenvalue weighted by atomic mass is 10.3. The lowest BCUT2D eigenvalue weighted by Crippen LogP contribution is -2.29. The summed E-state index contributed by atoms with van der Waals surface area (Å²) in [5, 5.41) is 3.23.